The molecule has 5 heteroatoms. The van der Waals surface area contributed by atoms with Crippen molar-refractivity contribution >= 4 is 23.5 Å². The van der Waals surface area contributed by atoms with Gasteiger partial charge in [-0.1, -0.05) is 13.8 Å². The molecular weight excluding hydrogens is 246 g/mol. The average molecular weight is 265 g/mol. The zero-order valence-corrected chi connectivity index (χ0v) is 11.7. The molecule has 1 saturated heterocycles. The van der Waals surface area contributed by atoms with E-state index in [1.807, 2.05) is 36.6 Å². The Morgan fingerprint density at radius 3 is 2.67 bits per heavy atom. The Hall–Kier alpha value is -1.23. The lowest BCUT2D eigenvalue weighted by molar-refractivity contribution is 0.0772. The molecule has 1 aliphatic rings. The van der Waals surface area contributed by atoms with Crippen LogP contribution in [0.25, 0.3) is 0 Å². The van der Waals surface area contributed by atoms with Gasteiger partial charge in [0.05, 0.1) is 0 Å². The number of nitrogens with two attached hydrogens (primary N) is 1. The minimum absolute atomic E-state index is 0.0753. The molecule has 2 N–H and O–H groups in total. The molecule has 0 saturated carbocycles. The standard InChI is InChI=1S/C13H19N3OS/c1-9(2)11-7-10(8-12(14)15-11)13(17)16-3-5-18-6-4-16/h7-9H,3-6H2,1-2H3,(H2,14,15). The average Bonchev–Trinajstić information content (AvgIpc) is 2.38. The fraction of sp³-hybridized carbons (Fsp3) is 0.538. The lowest BCUT2D eigenvalue weighted by atomic mass is 10.1. The van der Waals surface area contributed by atoms with Crippen LogP contribution in [0.2, 0.25) is 0 Å². The van der Waals surface area contributed by atoms with E-state index in [1.54, 1.807) is 6.07 Å². The van der Waals surface area contributed by atoms with Gasteiger partial charge in [0.2, 0.25) is 0 Å². The topological polar surface area (TPSA) is 59.2 Å². The Balaban J connectivity index is 2.23. The number of pyridine rings is 1. The number of nitrogens with zero attached hydrogens (tertiary/aromatic N) is 2. The number of carbonyl (C=O) groups excluding carboxylic acids is 1. The van der Waals surface area contributed by atoms with Crippen molar-refractivity contribution in [3.05, 3.63) is 23.4 Å². The molecule has 1 fully saturated rings. The molecule has 0 aliphatic carbocycles. The van der Waals surface area contributed by atoms with Gasteiger partial charge in [-0.25, -0.2) is 4.98 Å². The highest BCUT2D eigenvalue weighted by Crippen LogP contribution is 2.19. The summed E-state index contributed by atoms with van der Waals surface area (Å²) in [5.74, 6) is 2.81. The van der Waals surface area contributed by atoms with Crippen LogP contribution in [-0.2, 0) is 0 Å². The van der Waals surface area contributed by atoms with E-state index in [2.05, 4.69) is 4.98 Å². The summed E-state index contributed by atoms with van der Waals surface area (Å²) in [5.41, 5.74) is 7.32. The minimum Gasteiger partial charge on any atom is -0.384 e. The van der Waals surface area contributed by atoms with Gasteiger partial charge in [0.15, 0.2) is 0 Å². The number of anilines is 1. The Morgan fingerprint density at radius 2 is 2.06 bits per heavy atom. The number of thioether (sulfide) groups is 1. The smallest absolute Gasteiger partial charge is 0.254 e. The van der Waals surface area contributed by atoms with E-state index >= 15 is 0 Å². The zero-order chi connectivity index (χ0) is 13.1. The summed E-state index contributed by atoms with van der Waals surface area (Å²) in [5, 5.41) is 0. The number of rotatable bonds is 2. The Morgan fingerprint density at radius 1 is 1.39 bits per heavy atom. The maximum Gasteiger partial charge on any atom is 0.254 e. The first-order valence-electron chi connectivity index (χ1n) is 6.22. The Bertz CT molecular complexity index is 442. The minimum atomic E-state index is 0.0753. The summed E-state index contributed by atoms with van der Waals surface area (Å²) in [6.07, 6.45) is 0. The maximum absolute atomic E-state index is 12.4. The molecule has 0 aromatic carbocycles. The van der Waals surface area contributed by atoms with E-state index < -0.39 is 0 Å². The summed E-state index contributed by atoms with van der Waals surface area (Å²) in [7, 11) is 0. The van der Waals surface area contributed by atoms with Crippen LogP contribution >= 0.6 is 11.8 Å². The highest BCUT2D eigenvalue weighted by atomic mass is 32.2. The molecule has 0 atom stereocenters. The molecule has 1 aromatic heterocycles. The van der Waals surface area contributed by atoms with Crippen molar-refractivity contribution in [1.29, 1.82) is 0 Å². The Kier molecular flexibility index (Phi) is 4.11. The molecule has 98 valence electrons. The Labute approximate surface area is 112 Å². The van der Waals surface area contributed by atoms with Gasteiger partial charge in [-0.3, -0.25) is 4.79 Å². The lowest BCUT2D eigenvalue weighted by Crippen LogP contribution is -2.38. The number of amides is 1. The fourth-order valence-corrected chi connectivity index (χ4v) is 2.85. The molecule has 1 aromatic rings. The molecule has 2 heterocycles. The van der Waals surface area contributed by atoms with Crippen molar-refractivity contribution in [1.82, 2.24) is 9.88 Å². The van der Waals surface area contributed by atoms with Crippen LogP contribution in [0.1, 0.15) is 35.8 Å². The van der Waals surface area contributed by atoms with Crippen LogP contribution < -0.4 is 5.73 Å². The lowest BCUT2D eigenvalue weighted by Gasteiger charge is -2.26. The molecule has 1 amide bonds. The second-order valence-corrected chi connectivity index (χ2v) is 5.99. The van der Waals surface area contributed by atoms with Gasteiger partial charge in [-0.2, -0.15) is 11.8 Å². The molecule has 0 radical (unpaired) electrons. The van der Waals surface area contributed by atoms with Crippen molar-refractivity contribution in [2.24, 2.45) is 0 Å². The second kappa shape index (κ2) is 5.61. The summed E-state index contributed by atoms with van der Waals surface area (Å²) in [6, 6.07) is 3.54. The van der Waals surface area contributed by atoms with Crippen molar-refractivity contribution in [2.45, 2.75) is 19.8 Å². The van der Waals surface area contributed by atoms with Gasteiger partial charge in [-0.15, -0.1) is 0 Å². The summed E-state index contributed by atoms with van der Waals surface area (Å²) < 4.78 is 0. The first-order chi connectivity index (χ1) is 8.58. The van der Waals surface area contributed by atoms with E-state index in [1.165, 1.54) is 0 Å². The van der Waals surface area contributed by atoms with Gasteiger partial charge < -0.3 is 10.6 Å². The molecule has 0 spiro atoms. The first-order valence-corrected chi connectivity index (χ1v) is 7.38. The zero-order valence-electron chi connectivity index (χ0n) is 10.8. The number of carbonyl (C=O) groups is 1. The van der Waals surface area contributed by atoms with E-state index in [-0.39, 0.29) is 11.8 Å². The van der Waals surface area contributed by atoms with Crippen LogP contribution in [0.3, 0.4) is 0 Å². The monoisotopic (exact) mass is 265 g/mol. The normalized spacial score (nSPS) is 16.1. The fourth-order valence-electron chi connectivity index (χ4n) is 1.94. The maximum atomic E-state index is 12.4. The van der Waals surface area contributed by atoms with Crippen LogP contribution in [0.5, 0.6) is 0 Å². The van der Waals surface area contributed by atoms with E-state index in [4.69, 9.17) is 5.73 Å². The number of aromatic nitrogens is 1. The molecule has 0 bridgehead atoms. The summed E-state index contributed by atoms with van der Waals surface area (Å²) >= 11 is 1.89. The van der Waals surface area contributed by atoms with Crippen molar-refractivity contribution in [2.75, 3.05) is 30.3 Å². The van der Waals surface area contributed by atoms with Gasteiger partial charge in [0, 0.05) is 35.9 Å². The van der Waals surface area contributed by atoms with Gasteiger partial charge in [0.1, 0.15) is 5.82 Å². The van der Waals surface area contributed by atoms with E-state index in [0.717, 1.165) is 30.3 Å². The third kappa shape index (κ3) is 2.96. The van der Waals surface area contributed by atoms with Crippen molar-refractivity contribution in [3.63, 3.8) is 0 Å². The summed E-state index contributed by atoms with van der Waals surface area (Å²) in [6.45, 7) is 5.74. The molecule has 1 aliphatic heterocycles. The second-order valence-electron chi connectivity index (χ2n) is 4.76. The van der Waals surface area contributed by atoms with Crippen LogP contribution in [0, 0.1) is 0 Å². The quantitative estimate of drug-likeness (QED) is 0.888. The molecule has 18 heavy (non-hydrogen) atoms. The predicted octanol–water partition coefficient (Wildman–Crippen LogP) is 1.98. The molecule has 0 unspecified atom stereocenters. The number of nitrogen functional groups attached to an aromatic ring is 1. The number of hydrogen-bond acceptors (Lipinski definition) is 4. The largest absolute Gasteiger partial charge is 0.384 e. The van der Waals surface area contributed by atoms with Crippen LogP contribution in [-0.4, -0.2) is 40.4 Å². The highest BCUT2D eigenvalue weighted by molar-refractivity contribution is 7.99. The third-order valence-electron chi connectivity index (χ3n) is 3.00. The third-order valence-corrected chi connectivity index (χ3v) is 3.94. The molecule has 4 nitrogen and oxygen atoms in total. The van der Waals surface area contributed by atoms with Gasteiger partial charge in [-0.05, 0) is 18.1 Å². The van der Waals surface area contributed by atoms with E-state index in [0.29, 0.717) is 11.4 Å². The van der Waals surface area contributed by atoms with Crippen LogP contribution in [0.4, 0.5) is 5.82 Å². The first kappa shape index (κ1) is 13.2. The molecular formula is C13H19N3OS. The van der Waals surface area contributed by atoms with Crippen molar-refractivity contribution < 1.29 is 4.79 Å². The molecule has 2 rings (SSSR count). The van der Waals surface area contributed by atoms with Gasteiger partial charge >= 0.3 is 0 Å². The predicted molar refractivity (Wildman–Crippen MR) is 76.0 cm³/mol. The van der Waals surface area contributed by atoms with E-state index in [9.17, 15) is 4.79 Å². The van der Waals surface area contributed by atoms with Crippen molar-refractivity contribution in [3.8, 4) is 0 Å². The number of hydrogen-bond donors (Lipinski definition) is 1. The van der Waals surface area contributed by atoms with Gasteiger partial charge in [0.25, 0.3) is 5.91 Å². The SMILES string of the molecule is CC(C)c1cc(C(=O)N2CCSCC2)cc(N)n1. The summed E-state index contributed by atoms with van der Waals surface area (Å²) in [4.78, 5) is 18.5. The highest BCUT2D eigenvalue weighted by Gasteiger charge is 2.19. The van der Waals surface area contributed by atoms with Crippen LogP contribution in [0.15, 0.2) is 12.1 Å².